The van der Waals surface area contributed by atoms with Gasteiger partial charge in [0, 0.05) is 30.0 Å². The first-order chi connectivity index (χ1) is 10.4. The molecule has 0 aromatic heterocycles. The fraction of sp³-hybridized carbons (Fsp3) is 0.533. The number of benzene rings is 1. The van der Waals surface area contributed by atoms with Gasteiger partial charge in [0.1, 0.15) is 0 Å². The topological polar surface area (TPSA) is 79.6 Å². The summed E-state index contributed by atoms with van der Waals surface area (Å²) in [4.78, 5) is 14.7. The molecule has 0 saturated heterocycles. The second kappa shape index (κ2) is 8.63. The van der Waals surface area contributed by atoms with Crippen molar-refractivity contribution in [3.05, 3.63) is 39.9 Å². The summed E-state index contributed by atoms with van der Waals surface area (Å²) in [6, 6.07) is 6.47. The maximum atomic E-state index is 10.6. The molecule has 22 heavy (non-hydrogen) atoms. The monoisotopic (exact) mass is 324 g/mol. The molecule has 0 saturated carbocycles. The highest BCUT2D eigenvalue weighted by atomic mass is 32.2. The van der Waals surface area contributed by atoms with Crippen LogP contribution in [-0.4, -0.2) is 35.0 Å². The zero-order valence-corrected chi connectivity index (χ0v) is 14.4. The summed E-state index contributed by atoms with van der Waals surface area (Å²) >= 11 is 1.80. The third kappa shape index (κ3) is 6.34. The quantitative estimate of drug-likeness (QED) is 0.349. The molecule has 122 valence electrons. The maximum absolute atomic E-state index is 10.6. The predicted molar refractivity (Wildman–Crippen MR) is 93.5 cm³/mol. The Morgan fingerprint density at radius 2 is 1.95 bits per heavy atom. The van der Waals surface area contributed by atoms with Gasteiger partial charge in [0.15, 0.2) is 5.96 Å². The Bertz CT molecular complexity index is 515. The molecule has 0 radical (unpaired) electrons. The molecule has 0 bridgehead atoms. The van der Waals surface area contributed by atoms with Crippen molar-refractivity contribution in [3.8, 4) is 0 Å². The van der Waals surface area contributed by atoms with Gasteiger partial charge in [-0.2, -0.15) is 11.8 Å². The fourth-order valence-electron chi connectivity index (χ4n) is 1.60. The summed E-state index contributed by atoms with van der Waals surface area (Å²) < 4.78 is 0.129. The van der Waals surface area contributed by atoms with Gasteiger partial charge in [0.2, 0.25) is 0 Å². The number of nitrogens with one attached hydrogen (secondary N) is 2. The highest BCUT2D eigenvalue weighted by Gasteiger charge is 2.16. The minimum atomic E-state index is -0.400. The van der Waals surface area contributed by atoms with Crippen LogP contribution in [0.1, 0.15) is 26.3 Å². The molecule has 0 unspecified atom stereocenters. The van der Waals surface area contributed by atoms with Gasteiger partial charge >= 0.3 is 0 Å². The van der Waals surface area contributed by atoms with E-state index < -0.39 is 4.92 Å². The van der Waals surface area contributed by atoms with Crippen LogP contribution in [0.15, 0.2) is 29.3 Å². The third-order valence-electron chi connectivity index (χ3n) is 3.15. The number of aliphatic imine (C=N–C) groups is 1. The van der Waals surface area contributed by atoms with Gasteiger partial charge in [0.25, 0.3) is 5.69 Å². The zero-order valence-electron chi connectivity index (χ0n) is 13.5. The third-order valence-corrected chi connectivity index (χ3v) is 4.39. The molecule has 0 atom stereocenters. The standard InChI is InChI=1S/C15H24N4O2S/c1-5-16-14(18-11-15(2,3)22-4)17-10-12-6-8-13(9-7-12)19(20)21/h6-9H,5,10-11H2,1-4H3,(H2,16,17,18). The van der Waals surface area contributed by atoms with Crippen molar-refractivity contribution in [1.82, 2.24) is 10.6 Å². The molecule has 1 rings (SSSR count). The molecule has 0 aliphatic rings. The van der Waals surface area contributed by atoms with Gasteiger partial charge in [-0.1, -0.05) is 12.1 Å². The number of rotatable bonds is 7. The molecule has 1 aromatic carbocycles. The average Bonchev–Trinajstić information content (AvgIpc) is 2.50. The van der Waals surface area contributed by atoms with Crippen molar-refractivity contribution in [3.63, 3.8) is 0 Å². The lowest BCUT2D eigenvalue weighted by Crippen LogP contribution is -2.43. The molecule has 2 N–H and O–H groups in total. The Morgan fingerprint density at radius 3 is 2.45 bits per heavy atom. The molecule has 6 nitrogen and oxygen atoms in total. The zero-order chi connectivity index (χ0) is 16.6. The minimum Gasteiger partial charge on any atom is -0.357 e. The van der Waals surface area contributed by atoms with E-state index in [1.165, 1.54) is 12.1 Å². The van der Waals surface area contributed by atoms with Crippen molar-refractivity contribution in [1.29, 1.82) is 0 Å². The van der Waals surface area contributed by atoms with Crippen LogP contribution >= 0.6 is 11.8 Å². The van der Waals surface area contributed by atoms with Crippen LogP contribution < -0.4 is 10.6 Å². The van der Waals surface area contributed by atoms with Crippen LogP contribution in [0.25, 0.3) is 0 Å². The van der Waals surface area contributed by atoms with Crippen molar-refractivity contribution in [2.75, 3.05) is 19.3 Å². The molecule has 0 fully saturated rings. The van der Waals surface area contributed by atoms with E-state index in [0.717, 1.165) is 24.6 Å². The Hall–Kier alpha value is -1.76. The number of nitrogens with zero attached hydrogens (tertiary/aromatic N) is 2. The van der Waals surface area contributed by atoms with Crippen molar-refractivity contribution < 1.29 is 4.92 Å². The summed E-state index contributed by atoms with van der Waals surface area (Å²) in [5.74, 6) is 0.753. The Morgan fingerprint density at radius 1 is 1.32 bits per heavy atom. The first kappa shape index (κ1) is 18.3. The van der Waals surface area contributed by atoms with E-state index in [-0.39, 0.29) is 10.4 Å². The van der Waals surface area contributed by atoms with Crippen LogP contribution in [0.2, 0.25) is 0 Å². The summed E-state index contributed by atoms with van der Waals surface area (Å²) in [6.07, 6.45) is 2.09. The van der Waals surface area contributed by atoms with Gasteiger partial charge in [-0.05, 0) is 32.6 Å². The van der Waals surface area contributed by atoms with E-state index in [4.69, 9.17) is 0 Å². The van der Waals surface area contributed by atoms with Crippen molar-refractivity contribution in [2.24, 2.45) is 4.99 Å². The number of hydrogen-bond acceptors (Lipinski definition) is 4. The molecule has 1 aromatic rings. The van der Waals surface area contributed by atoms with Gasteiger partial charge < -0.3 is 10.6 Å². The van der Waals surface area contributed by atoms with E-state index in [0.29, 0.717) is 6.54 Å². The molecule has 0 aliphatic heterocycles. The minimum absolute atomic E-state index is 0.0967. The summed E-state index contributed by atoms with van der Waals surface area (Å²) in [7, 11) is 0. The van der Waals surface area contributed by atoms with E-state index in [1.54, 1.807) is 23.9 Å². The van der Waals surface area contributed by atoms with Crippen LogP contribution in [0.4, 0.5) is 5.69 Å². The second-order valence-electron chi connectivity index (χ2n) is 5.44. The van der Waals surface area contributed by atoms with Gasteiger partial charge in [-0.25, -0.2) is 4.99 Å². The smallest absolute Gasteiger partial charge is 0.269 e. The normalized spacial score (nSPS) is 12.1. The van der Waals surface area contributed by atoms with E-state index >= 15 is 0 Å². The van der Waals surface area contributed by atoms with Crippen molar-refractivity contribution in [2.45, 2.75) is 32.1 Å². The first-order valence-electron chi connectivity index (χ1n) is 7.18. The number of non-ortho nitro benzene ring substituents is 1. The lowest BCUT2D eigenvalue weighted by molar-refractivity contribution is -0.384. The van der Waals surface area contributed by atoms with E-state index in [2.05, 4.69) is 35.7 Å². The predicted octanol–water partition coefficient (Wildman–Crippen LogP) is 2.79. The second-order valence-corrected chi connectivity index (χ2v) is 6.95. The lowest BCUT2D eigenvalue weighted by atomic mass is 10.2. The fourth-order valence-corrected chi connectivity index (χ4v) is 1.82. The molecule has 0 spiro atoms. The molecular weight excluding hydrogens is 300 g/mol. The van der Waals surface area contributed by atoms with Crippen LogP contribution in [-0.2, 0) is 6.54 Å². The molecular formula is C15H24N4O2S. The van der Waals surface area contributed by atoms with Crippen LogP contribution in [0.5, 0.6) is 0 Å². The molecule has 7 heteroatoms. The SMILES string of the molecule is CCNC(=NCc1ccc([N+](=O)[O-])cc1)NCC(C)(C)SC. The number of nitro benzene ring substituents is 1. The Kier molecular flexibility index (Phi) is 7.17. The Labute approximate surface area is 135 Å². The van der Waals surface area contributed by atoms with Gasteiger partial charge in [-0.3, -0.25) is 10.1 Å². The van der Waals surface area contributed by atoms with Crippen LogP contribution in [0, 0.1) is 10.1 Å². The van der Waals surface area contributed by atoms with E-state index in [1.807, 2.05) is 6.92 Å². The van der Waals surface area contributed by atoms with Gasteiger partial charge in [0.05, 0.1) is 11.5 Å². The average molecular weight is 324 g/mol. The summed E-state index contributed by atoms with van der Waals surface area (Å²) in [5, 5.41) is 17.1. The lowest BCUT2D eigenvalue weighted by Gasteiger charge is -2.23. The number of guanidine groups is 1. The van der Waals surface area contributed by atoms with Crippen LogP contribution in [0.3, 0.4) is 0 Å². The summed E-state index contributed by atoms with van der Waals surface area (Å²) in [5.41, 5.74) is 1.03. The molecule has 0 amide bonds. The Balaban J connectivity index is 2.66. The number of thioether (sulfide) groups is 1. The maximum Gasteiger partial charge on any atom is 0.269 e. The number of nitro groups is 1. The number of hydrogen-bond donors (Lipinski definition) is 2. The molecule has 0 heterocycles. The van der Waals surface area contributed by atoms with Crippen molar-refractivity contribution >= 4 is 23.4 Å². The highest BCUT2D eigenvalue weighted by molar-refractivity contribution is 7.99. The summed E-state index contributed by atoms with van der Waals surface area (Å²) in [6.45, 7) is 8.43. The highest BCUT2D eigenvalue weighted by Crippen LogP contribution is 2.19. The first-order valence-corrected chi connectivity index (χ1v) is 8.41. The largest absolute Gasteiger partial charge is 0.357 e. The van der Waals surface area contributed by atoms with E-state index in [9.17, 15) is 10.1 Å². The van der Waals surface area contributed by atoms with Gasteiger partial charge in [-0.15, -0.1) is 0 Å². The molecule has 0 aliphatic carbocycles.